The van der Waals surface area contributed by atoms with Crippen LogP contribution in [-0.4, -0.2) is 30.6 Å². The lowest BCUT2D eigenvalue weighted by molar-refractivity contribution is 0.0698. The summed E-state index contributed by atoms with van der Waals surface area (Å²) in [4.78, 5) is 32.7. The first-order valence-corrected chi connectivity index (χ1v) is 22.5. The van der Waals surface area contributed by atoms with Crippen molar-refractivity contribution in [1.29, 1.82) is 0 Å². The number of carboxylic acids is 1. The van der Waals surface area contributed by atoms with E-state index >= 15 is 0 Å². The number of hydrogen-bond acceptors (Lipinski definition) is 8. The summed E-state index contributed by atoms with van der Waals surface area (Å²) in [7, 11) is 0. The molecule has 0 aliphatic heterocycles. The molecule has 11 rings (SSSR count). The third kappa shape index (κ3) is 6.59. The summed E-state index contributed by atoms with van der Waals surface area (Å²) in [5.74, 6) is -0.241. The van der Waals surface area contributed by atoms with E-state index in [9.17, 15) is 9.90 Å². The van der Waals surface area contributed by atoms with Crippen LogP contribution < -0.4 is 11.5 Å². The van der Waals surface area contributed by atoms with Gasteiger partial charge >= 0.3 is 5.97 Å². The SMILES string of the molecule is Nc1cc(-c2ccccc2)sc1-c1ccc2cc(-c3nc4c(-c5ccc6ncccc6c5)c(C(=O)O)c(-c5sc(-c6ccccc6)cc5N)cc4n3C3CCCCC3)ccc2n1. The molecule has 62 heavy (non-hydrogen) atoms. The molecule has 0 bridgehead atoms. The van der Waals surface area contributed by atoms with E-state index in [4.69, 9.17) is 21.4 Å². The molecule has 0 atom stereocenters. The van der Waals surface area contributed by atoms with Gasteiger partial charge in [-0.2, -0.15) is 0 Å². The number of aromatic carboxylic acids is 1. The number of carboxylic acid groups (broad SMARTS) is 1. The van der Waals surface area contributed by atoms with Crippen LogP contribution in [0.1, 0.15) is 48.5 Å². The van der Waals surface area contributed by atoms with Crippen LogP contribution in [0.3, 0.4) is 0 Å². The Morgan fingerprint density at radius 1 is 0.629 bits per heavy atom. The van der Waals surface area contributed by atoms with E-state index in [2.05, 4.69) is 58.1 Å². The maximum absolute atomic E-state index is 13.8. The fourth-order valence-corrected chi connectivity index (χ4v) is 11.3. The predicted molar refractivity (Wildman–Crippen MR) is 257 cm³/mol. The molecule has 5 N–H and O–H groups in total. The third-order valence-corrected chi connectivity index (χ3v) is 14.5. The van der Waals surface area contributed by atoms with Gasteiger partial charge in [0.2, 0.25) is 0 Å². The van der Waals surface area contributed by atoms with Gasteiger partial charge in [-0.1, -0.05) is 98.1 Å². The van der Waals surface area contributed by atoms with E-state index in [0.29, 0.717) is 28.0 Å². The van der Waals surface area contributed by atoms with E-state index in [1.807, 2.05) is 91.0 Å². The molecule has 302 valence electrons. The number of pyridine rings is 2. The molecule has 1 aliphatic carbocycles. The number of fused-ring (bicyclic) bond motifs is 3. The molecule has 0 radical (unpaired) electrons. The number of hydrogen-bond donors (Lipinski definition) is 3. The highest BCUT2D eigenvalue weighted by Gasteiger charge is 2.30. The van der Waals surface area contributed by atoms with Crippen molar-refractivity contribution in [2.24, 2.45) is 0 Å². The number of carbonyl (C=O) groups is 1. The monoisotopic (exact) mass is 844 g/mol. The molecule has 0 spiro atoms. The second-order valence-corrected chi connectivity index (χ2v) is 18.1. The molecule has 8 nitrogen and oxygen atoms in total. The van der Waals surface area contributed by atoms with Gasteiger partial charge in [0.15, 0.2) is 0 Å². The number of rotatable bonds is 8. The van der Waals surface area contributed by atoms with Gasteiger partial charge in [0.05, 0.1) is 54.5 Å². The maximum Gasteiger partial charge on any atom is 0.337 e. The first kappa shape index (κ1) is 37.8. The molecule has 1 fully saturated rings. The quantitative estimate of drug-likeness (QED) is 0.139. The zero-order chi connectivity index (χ0) is 41.9. The number of thiophene rings is 2. The van der Waals surface area contributed by atoms with Crippen LogP contribution in [0.15, 0.2) is 146 Å². The highest BCUT2D eigenvalue weighted by atomic mass is 32.1. The lowest BCUT2D eigenvalue weighted by atomic mass is 9.91. The fraction of sp³-hybridized carbons (Fsp3) is 0.115. The zero-order valence-electron chi connectivity index (χ0n) is 33.6. The number of nitrogen functional groups attached to an aromatic ring is 2. The smallest absolute Gasteiger partial charge is 0.337 e. The van der Waals surface area contributed by atoms with Gasteiger partial charge in [0.1, 0.15) is 5.82 Å². The van der Waals surface area contributed by atoms with Gasteiger partial charge in [0, 0.05) is 49.5 Å². The summed E-state index contributed by atoms with van der Waals surface area (Å²) in [6.45, 7) is 0. The molecule has 1 aliphatic rings. The van der Waals surface area contributed by atoms with Crippen LogP contribution in [0.4, 0.5) is 11.4 Å². The number of nitrogens with two attached hydrogens (primary N) is 2. The summed E-state index contributed by atoms with van der Waals surface area (Å²) in [5, 5.41) is 13.2. The molecule has 0 unspecified atom stereocenters. The maximum atomic E-state index is 13.8. The lowest BCUT2D eigenvalue weighted by Gasteiger charge is -2.26. The zero-order valence-corrected chi connectivity index (χ0v) is 35.2. The van der Waals surface area contributed by atoms with Gasteiger partial charge in [-0.3, -0.25) is 4.98 Å². The minimum atomic E-state index is -1.04. The summed E-state index contributed by atoms with van der Waals surface area (Å²) >= 11 is 3.16. The Hall–Kier alpha value is -7.14. The second kappa shape index (κ2) is 15.4. The number of aromatic nitrogens is 4. The molecule has 10 heteroatoms. The van der Waals surface area contributed by atoms with Crippen LogP contribution in [0.25, 0.3) is 97.2 Å². The van der Waals surface area contributed by atoms with E-state index in [0.717, 1.165) is 106 Å². The average molecular weight is 845 g/mol. The van der Waals surface area contributed by atoms with Gasteiger partial charge < -0.3 is 21.1 Å². The average Bonchev–Trinajstić information content (AvgIpc) is 4.03. The van der Waals surface area contributed by atoms with Crippen molar-refractivity contribution in [3.8, 4) is 64.4 Å². The van der Waals surface area contributed by atoms with Crippen molar-refractivity contribution in [2.45, 2.75) is 38.1 Å². The van der Waals surface area contributed by atoms with Crippen LogP contribution in [0.5, 0.6) is 0 Å². The largest absolute Gasteiger partial charge is 0.478 e. The fourth-order valence-electron chi connectivity index (χ4n) is 9.16. The van der Waals surface area contributed by atoms with Gasteiger partial charge in [-0.05, 0) is 90.2 Å². The van der Waals surface area contributed by atoms with Crippen LogP contribution in [-0.2, 0) is 0 Å². The van der Waals surface area contributed by atoms with Crippen molar-refractivity contribution < 1.29 is 9.90 Å². The van der Waals surface area contributed by atoms with Crippen LogP contribution >= 0.6 is 22.7 Å². The highest BCUT2D eigenvalue weighted by molar-refractivity contribution is 7.20. The molecule has 5 aromatic carbocycles. The Kier molecular flexibility index (Phi) is 9.40. The molecule has 0 saturated heterocycles. The van der Waals surface area contributed by atoms with E-state index in [1.54, 1.807) is 17.5 Å². The van der Waals surface area contributed by atoms with E-state index in [1.165, 1.54) is 17.8 Å². The standard InChI is InChI=1S/C52H40N6O2S2/c53-38-28-44(30-11-4-1-5-12-30)61-49(38)37-27-43-48(46(47(37)52(59)60)34-19-21-40-32(25-34)15-10-24-55-40)57-51(58(43)36-16-8-3-9-17-36)35-20-22-41-33(26-35)18-23-42(56-41)50-39(54)29-45(62-50)31-13-6-2-7-14-31/h1-2,4-7,10-15,18-29,36H,3,8-9,16-17,53-54H2,(H,59,60). The van der Waals surface area contributed by atoms with Crippen molar-refractivity contribution in [2.75, 3.05) is 11.5 Å². The van der Waals surface area contributed by atoms with Crippen molar-refractivity contribution in [1.82, 2.24) is 19.5 Å². The van der Waals surface area contributed by atoms with Gasteiger partial charge in [-0.25, -0.2) is 14.8 Å². The summed E-state index contributed by atoms with van der Waals surface area (Å²) < 4.78 is 2.39. The van der Waals surface area contributed by atoms with Crippen LogP contribution in [0, 0.1) is 0 Å². The minimum Gasteiger partial charge on any atom is -0.478 e. The van der Waals surface area contributed by atoms with E-state index < -0.39 is 5.97 Å². The normalized spacial score (nSPS) is 13.4. The number of anilines is 2. The number of benzene rings is 5. The van der Waals surface area contributed by atoms with E-state index in [-0.39, 0.29) is 11.6 Å². The summed E-state index contributed by atoms with van der Waals surface area (Å²) in [6, 6.07) is 46.9. The molecular formula is C52H40N6O2S2. The van der Waals surface area contributed by atoms with Crippen molar-refractivity contribution >= 4 is 72.9 Å². The predicted octanol–water partition coefficient (Wildman–Crippen LogP) is 13.6. The molecule has 0 amide bonds. The number of nitrogens with zero attached hydrogens (tertiary/aromatic N) is 4. The Morgan fingerprint density at radius 3 is 2.00 bits per heavy atom. The first-order chi connectivity index (χ1) is 30.4. The molecular weight excluding hydrogens is 805 g/mol. The summed E-state index contributed by atoms with van der Waals surface area (Å²) in [6.07, 6.45) is 7.16. The van der Waals surface area contributed by atoms with Crippen molar-refractivity contribution in [3.63, 3.8) is 0 Å². The third-order valence-electron chi connectivity index (χ3n) is 12.1. The molecule has 5 aromatic heterocycles. The molecule has 1 saturated carbocycles. The Bertz CT molecular complexity index is 3350. The van der Waals surface area contributed by atoms with Crippen LogP contribution in [0.2, 0.25) is 0 Å². The molecule has 5 heterocycles. The minimum absolute atomic E-state index is 0.165. The van der Waals surface area contributed by atoms with Crippen molar-refractivity contribution in [3.05, 3.63) is 151 Å². The topological polar surface area (TPSA) is 133 Å². The van der Waals surface area contributed by atoms with Gasteiger partial charge in [-0.15, -0.1) is 22.7 Å². The second-order valence-electron chi connectivity index (χ2n) is 16.0. The highest BCUT2D eigenvalue weighted by Crippen LogP contribution is 2.48. The lowest BCUT2D eigenvalue weighted by Crippen LogP contribution is -2.14. The first-order valence-electron chi connectivity index (χ1n) is 20.9. The van der Waals surface area contributed by atoms with Gasteiger partial charge in [0.25, 0.3) is 0 Å². The summed E-state index contributed by atoms with van der Waals surface area (Å²) in [5.41, 5.74) is 23.9. The Balaban J connectivity index is 1.13. The Labute approximate surface area is 365 Å². The number of imidazole rings is 1. The molecule has 10 aromatic rings. The Morgan fingerprint density at radius 2 is 1.27 bits per heavy atom.